The molecule has 2 aromatic carbocycles. The van der Waals surface area contributed by atoms with Crippen LogP contribution in [-0.2, 0) is 26.8 Å². The van der Waals surface area contributed by atoms with E-state index in [4.69, 9.17) is 5.53 Å². The van der Waals surface area contributed by atoms with Gasteiger partial charge in [0, 0.05) is 0 Å². The van der Waals surface area contributed by atoms with E-state index >= 15 is 0 Å². The number of unbranched alkanes of at least 4 members (excludes halogenated alkanes) is 6. The van der Waals surface area contributed by atoms with Crippen molar-refractivity contribution in [2.24, 2.45) is 0 Å². The molecule has 0 aromatic heterocycles. The first-order valence-electron chi connectivity index (χ1n) is 14.4. The van der Waals surface area contributed by atoms with Crippen LogP contribution in [0.2, 0.25) is 0 Å². The summed E-state index contributed by atoms with van der Waals surface area (Å²) in [7, 11) is 0. The van der Waals surface area contributed by atoms with Gasteiger partial charge in [0.2, 0.25) is 0 Å². The number of hydrogen-bond donors (Lipinski definition) is 0. The summed E-state index contributed by atoms with van der Waals surface area (Å²) < 4.78 is 0. The summed E-state index contributed by atoms with van der Waals surface area (Å²) in [6.45, 7) is 18.2. The summed E-state index contributed by atoms with van der Waals surface area (Å²) in [5.74, 6) is 2.76. The van der Waals surface area contributed by atoms with Gasteiger partial charge in [-0.3, -0.25) is 0 Å². The second kappa shape index (κ2) is 26.6. The minimum atomic E-state index is 0. The van der Waals surface area contributed by atoms with E-state index in [1.807, 2.05) is 0 Å². The fourth-order valence-electron chi connectivity index (χ4n) is 3.56. The largest absolute Gasteiger partial charge is 2.00 e. The van der Waals surface area contributed by atoms with Crippen molar-refractivity contribution in [1.82, 2.24) is 0 Å². The topological polar surface area (TPSA) is 36.4 Å². The van der Waals surface area contributed by atoms with Gasteiger partial charge in [-0.25, -0.2) is 0 Å². The molecule has 0 amide bonds. The molecule has 2 rings (SSSR count). The number of benzene rings is 2. The van der Waals surface area contributed by atoms with Gasteiger partial charge in [-0.05, 0) is 60.9 Å². The first-order valence-corrected chi connectivity index (χ1v) is 14.4. The number of hydrogen-bond acceptors (Lipinski definition) is 0. The Labute approximate surface area is 249 Å². The third kappa shape index (κ3) is 18.3. The molecule has 0 bridgehead atoms. The first-order chi connectivity index (χ1) is 18.0. The predicted octanol–water partition coefficient (Wildman–Crippen LogP) is 10.8. The van der Waals surface area contributed by atoms with Crippen molar-refractivity contribution in [3.05, 3.63) is 102 Å². The summed E-state index contributed by atoms with van der Waals surface area (Å²) >= 11 is 0. The van der Waals surface area contributed by atoms with Crippen molar-refractivity contribution >= 4 is 11.4 Å². The normalized spacial score (nSPS) is 10.0. The van der Waals surface area contributed by atoms with Gasteiger partial charge in [-0.1, -0.05) is 120 Å². The van der Waals surface area contributed by atoms with Gasteiger partial charge in [0.25, 0.3) is 0 Å². The molecule has 0 radical (unpaired) electrons. The molecule has 0 N–H and O–H groups in total. The summed E-state index contributed by atoms with van der Waals surface area (Å²) in [5.41, 5.74) is 16.0. The van der Waals surface area contributed by atoms with Crippen LogP contribution in [0.25, 0.3) is 11.1 Å². The quantitative estimate of drug-likeness (QED) is 0.0543. The second-order valence-corrected chi connectivity index (χ2v) is 9.48. The molecule has 2 nitrogen and oxygen atoms in total. The molecule has 0 fully saturated rings. The zero-order valence-corrected chi connectivity index (χ0v) is 26.4. The zero-order valence-electron chi connectivity index (χ0n) is 24.8. The maximum atomic E-state index is 9.01. The molecule has 0 atom stereocenters. The van der Waals surface area contributed by atoms with Gasteiger partial charge in [0.05, 0.1) is 5.57 Å². The zero-order chi connectivity index (χ0) is 27.7. The summed E-state index contributed by atoms with van der Waals surface area (Å²) in [6.07, 6.45) is 16.0. The van der Waals surface area contributed by atoms with Gasteiger partial charge in [0.1, 0.15) is 0 Å². The van der Waals surface area contributed by atoms with Crippen LogP contribution in [0.4, 0.5) is 0 Å². The monoisotopic (exact) mass is 606 g/mol. The molecule has 0 spiro atoms. The minimum absolute atomic E-state index is 0. The molecule has 38 heavy (non-hydrogen) atoms. The smallest absolute Gasteiger partial charge is 0.348 e. The van der Waals surface area contributed by atoms with E-state index in [1.54, 1.807) is 0 Å². The van der Waals surface area contributed by atoms with Crippen LogP contribution in [0.1, 0.15) is 121 Å². The molecular formula is C35H52N2Pd. The van der Waals surface area contributed by atoms with Crippen LogP contribution in [0, 0.1) is 20.8 Å². The van der Waals surface area contributed by atoms with Gasteiger partial charge in [0.15, 0.2) is 0 Å². The molecule has 0 saturated heterocycles. The molecule has 0 saturated carbocycles. The number of rotatable bonds is 13. The Morgan fingerprint density at radius 3 is 1.63 bits per heavy atom. The SMILES string of the molecule is CCCCC(=C=[N+]=[N-])C=C(c1ccc(C)cc1)c1ccc(CCCC)cc1.[CH2-]CCCC.[CH2-]CCCC.[Pd+2]. The third-order valence-corrected chi connectivity index (χ3v) is 5.97. The minimum Gasteiger partial charge on any atom is -0.348 e. The van der Waals surface area contributed by atoms with E-state index in [0.29, 0.717) is 0 Å². The average molecular weight is 607 g/mol. The Balaban J connectivity index is 0. The van der Waals surface area contributed by atoms with Gasteiger partial charge >= 0.3 is 26.3 Å². The van der Waals surface area contributed by atoms with E-state index in [2.05, 4.69) is 114 Å². The van der Waals surface area contributed by atoms with Crippen molar-refractivity contribution in [1.29, 1.82) is 0 Å². The van der Waals surface area contributed by atoms with Gasteiger partial charge < -0.3 is 19.4 Å². The molecule has 212 valence electrons. The number of aryl methyl sites for hydroxylation is 2. The van der Waals surface area contributed by atoms with E-state index < -0.39 is 0 Å². The van der Waals surface area contributed by atoms with Crippen molar-refractivity contribution in [3.8, 4) is 0 Å². The maximum absolute atomic E-state index is 9.01. The van der Waals surface area contributed by atoms with Crippen LogP contribution >= 0.6 is 0 Å². The molecule has 0 aliphatic carbocycles. The van der Waals surface area contributed by atoms with Crippen LogP contribution in [0.3, 0.4) is 0 Å². The molecule has 0 aliphatic rings. The average Bonchev–Trinajstić information content (AvgIpc) is 2.92. The van der Waals surface area contributed by atoms with Crippen molar-refractivity contribution in [3.63, 3.8) is 0 Å². The Hall–Kier alpha value is -2.00. The van der Waals surface area contributed by atoms with Crippen LogP contribution in [0.15, 0.2) is 60.2 Å². The predicted molar refractivity (Wildman–Crippen MR) is 165 cm³/mol. The Morgan fingerprint density at radius 2 is 1.24 bits per heavy atom. The second-order valence-electron chi connectivity index (χ2n) is 9.48. The Bertz CT molecular complexity index is 919. The first kappa shape index (κ1) is 38.2. The molecule has 2 aromatic rings. The van der Waals surface area contributed by atoms with Crippen molar-refractivity contribution in [2.45, 2.75) is 112 Å². The fourth-order valence-corrected chi connectivity index (χ4v) is 3.56. The summed E-state index contributed by atoms with van der Waals surface area (Å²) in [5, 5.41) is 0. The Kier molecular flexibility index (Phi) is 26.7. The van der Waals surface area contributed by atoms with E-state index in [-0.39, 0.29) is 20.4 Å². The van der Waals surface area contributed by atoms with Crippen LogP contribution in [0.5, 0.6) is 0 Å². The van der Waals surface area contributed by atoms with Gasteiger partial charge in [-0.2, -0.15) is 12.8 Å². The number of allylic oxidation sites excluding steroid dienone is 2. The van der Waals surface area contributed by atoms with Crippen LogP contribution in [-0.4, -0.2) is 10.7 Å². The maximum Gasteiger partial charge on any atom is 2.00 e. The molecule has 0 aliphatic heterocycles. The molecule has 0 unspecified atom stereocenters. The summed E-state index contributed by atoms with van der Waals surface area (Å²) in [6, 6.07) is 17.4. The fraction of sp³-hybridized carbons (Fsp3) is 0.486. The van der Waals surface area contributed by atoms with Crippen molar-refractivity contribution in [2.75, 3.05) is 0 Å². The van der Waals surface area contributed by atoms with E-state index in [1.165, 1.54) is 55.2 Å². The molecular weight excluding hydrogens is 555 g/mol. The number of nitrogens with zero attached hydrogens (tertiary/aromatic N) is 2. The van der Waals surface area contributed by atoms with E-state index in [0.717, 1.165) is 55.2 Å². The van der Waals surface area contributed by atoms with Gasteiger partial charge in [-0.15, -0.1) is 4.79 Å². The van der Waals surface area contributed by atoms with E-state index in [9.17, 15) is 0 Å². The summed E-state index contributed by atoms with van der Waals surface area (Å²) in [4.78, 5) is 3.16. The Morgan fingerprint density at radius 1 is 0.763 bits per heavy atom. The van der Waals surface area contributed by atoms with Crippen molar-refractivity contribution < 1.29 is 25.2 Å². The standard InChI is InChI=1S/C25H30N2.2C5H11.Pd/c1-4-6-8-21-12-16-24(17-13-21)25(23-14-10-20(3)11-15-23)18-22(19-27-26)9-7-5-2;2*1-3-5-4-2;/h10-18H,4-9H2,1-3H3;2*1,3-5H2,2H3;/q;2*-1;+2. The van der Waals surface area contributed by atoms with Crippen LogP contribution < -0.4 is 0 Å². The molecule has 0 heterocycles. The third-order valence-electron chi connectivity index (χ3n) is 5.97. The molecule has 3 heteroatoms.